The summed E-state index contributed by atoms with van der Waals surface area (Å²) in [5.41, 5.74) is 0.590. The van der Waals surface area contributed by atoms with Crippen LogP contribution in [-0.4, -0.2) is 66.5 Å². The molecule has 0 heterocycles. The van der Waals surface area contributed by atoms with Crippen molar-refractivity contribution in [1.29, 1.82) is 0 Å². The molecule has 2 atom stereocenters. The fraction of sp³-hybridized carbons (Fsp3) is 0.615. The number of carbonyl (C=O) groups is 4. The predicted octanol–water partition coefficient (Wildman–Crippen LogP) is 3.23. The van der Waals surface area contributed by atoms with Crippen molar-refractivity contribution in [2.45, 2.75) is 71.4 Å². The van der Waals surface area contributed by atoms with Crippen molar-refractivity contribution in [1.82, 2.24) is 10.6 Å². The SMILES string of the molecule is CCCCCCSCC(=O)C(CC(=O)O)NC(=O)[C@@H](NC(=O)Cc1cc(OC)ccc1OC)C(C)C. The monoisotopic (exact) mass is 524 g/mol. The molecule has 3 N–H and O–H groups in total. The van der Waals surface area contributed by atoms with Gasteiger partial charge >= 0.3 is 5.97 Å². The van der Waals surface area contributed by atoms with Gasteiger partial charge in [-0.05, 0) is 36.3 Å². The Kier molecular flexibility index (Phi) is 14.6. The Morgan fingerprint density at radius 3 is 2.33 bits per heavy atom. The Hall–Kier alpha value is -2.75. The number of methoxy groups -OCH3 is 2. The first-order valence-corrected chi connectivity index (χ1v) is 13.4. The van der Waals surface area contributed by atoms with E-state index in [1.165, 1.54) is 26.0 Å². The number of carboxylic acids is 1. The molecule has 0 aliphatic rings. The zero-order valence-corrected chi connectivity index (χ0v) is 22.7. The number of rotatable bonds is 18. The van der Waals surface area contributed by atoms with Gasteiger partial charge < -0.3 is 25.2 Å². The smallest absolute Gasteiger partial charge is 0.305 e. The second-order valence-corrected chi connectivity index (χ2v) is 9.99. The van der Waals surface area contributed by atoms with Gasteiger partial charge in [0.25, 0.3) is 0 Å². The molecule has 0 radical (unpaired) electrons. The van der Waals surface area contributed by atoms with Crippen molar-refractivity contribution in [3.05, 3.63) is 23.8 Å². The number of carbonyl (C=O) groups excluding carboxylic acids is 3. The molecule has 0 aromatic heterocycles. The summed E-state index contributed by atoms with van der Waals surface area (Å²) >= 11 is 1.44. The standard InChI is InChI=1S/C26H40N2O7S/c1-6-7-8-9-12-36-16-21(29)20(15-24(31)32)27-26(33)25(17(2)3)28-23(30)14-18-13-19(34-4)10-11-22(18)35-5/h10-11,13,17,20,25H,6-9,12,14-16H2,1-5H3,(H,27,33)(H,28,30)(H,31,32)/t20?,25-/m0/s1. The molecule has 9 nitrogen and oxygen atoms in total. The topological polar surface area (TPSA) is 131 Å². The van der Waals surface area contributed by atoms with Crippen LogP contribution in [0.25, 0.3) is 0 Å². The molecule has 202 valence electrons. The van der Waals surface area contributed by atoms with Crippen LogP contribution in [-0.2, 0) is 25.6 Å². The Balaban J connectivity index is 2.82. The van der Waals surface area contributed by atoms with Crippen LogP contribution in [0.2, 0.25) is 0 Å². The fourth-order valence-corrected chi connectivity index (χ4v) is 4.49. The minimum Gasteiger partial charge on any atom is -0.497 e. The molecular weight excluding hydrogens is 484 g/mol. The molecule has 2 amide bonds. The number of carboxylic acid groups (broad SMARTS) is 1. The van der Waals surface area contributed by atoms with Crippen LogP contribution < -0.4 is 20.1 Å². The first-order chi connectivity index (χ1) is 17.1. The quantitative estimate of drug-likeness (QED) is 0.250. The number of ether oxygens (including phenoxy) is 2. The van der Waals surface area contributed by atoms with Gasteiger partial charge in [-0.15, -0.1) is 0 Å². The molecule has 1 rings (SSSR count). The van der Waals surface area contributed by atoms with Crippen LogP contribution in [0.4, 0.5) is 0 Å². The Labute approximate surface area is 218 Å². The third-order valence-electron chi connectivity index (χ3n) is 5.57. The van der Waals surface area contributed by atoms with Crippen LogP contribution in [0.5, 0.6) is 11.5 Å². The van der Waals surface area contributed by atoms with Gasteiger partial charge in [-0.3, -0.25) is 19.2 Å². The maximum absolute atomic E-state index is 13.0. The highest BCUT2D eigenvalue weighted by Gasteiger charge is 2.30. The number of amides is 2. The number of unbranched alkanes of at least 4 members (excludes halogenated alkanes) is 3. The number of ketones is 1. The van der Waals surface area contributed by atoms with E-state index >= 15 is 0 Å². The van der Waals surface area contributed by atoms with Crippen molar-refractivity contribution < 1.29 is 33.8 Å². The van der Waals surface area contributed by atoms with E-state index in [1.54, 1.807) is 32.0 Å². The number of hydrogen-bond acceptors (Lipinski definition) is 7. The Bertz CT molecular complexity index is 876. The van der Waals surface area contributed by atoms with Gasteiger partial charge in [0, 0.05) is 5.56 Å². The molecule has 0 fully saturated rings. The maximum Gasteiger partial charge on any atom is 0.305 e. The largest absolute Gasteiger partial charge is 0.497 e. The summed E-state index contributed by atoms with van der Waals surface area (Å²) in [5, 5.41) is 14.5. The average Bonchev–Trinajstić information content (AvgIpc) is 2.83. The number of benzene rings is 1. The van der Waals surface area contributed by atoms with E-state index in [1.807, 2.05) is 0 Å². The lowest BCUT2D eigenvalue weighted by molar-refractivity contribution is -0.140. The molecule has 36 heavy (non-hydrogen) atoms. The van der Waals surface area contributed by atoms with E-state index in [4.69, 9.17) is 9.47 Å². The van der Waals surface area contributed by atoms with Crippen molar-refractivity contribution in [3.63, 3.8) is 0 Å². The lowest BCUT2D eigenvalue weighted by Crippen LogP contribution is -2.54. The van der Waals surface area contributed by atoms with Gasteiger partial charge in [0.15, 0.2) is 5.78 Å². The van der Waals surface area contributed by atoms with Crippen LogP contribution >= 0.6 is 11.8 Å². The zero-order chi connectivity index (χ0) is 27.1. The maximum atomic E-state index is 13.0. The fourth-order valence-electron chi connectivity index (χ4n) is 3.54. The Morgan fingerprint density at radius 1 is 1.03 bits per heavy atom. The molecule has 1 aromatic carbocycles. The van der Waals surface area contributed by atoms with E-state index in [0.717, 1.165) is 31.4 Å². The molecular formula is C26H40N2O7S. The molecule has 0 bridgehead atoms. The van der Waals surface area contributed by atoms with E-state index in [9.17, 15) is 24.3 Å². The molecule has 1 unspecified atom stereocenters. The highest BCUT2D eigenvalue weighted by Crippen LogP contribution is 2.24. The van der Waals surface area contributed by atoms with Crippen LogP contribution in [0.15, 0.2) is 18.2 Å². The van der Waals surface area contributed by atoms with Crippen LogP contribution in [0.1, 0.15) is 58.4 Å². The first kappa shape index (κ1) is 31.3. The summed E-state index contributed by atoms with van der Waals surface area (Å²) in [6.07, 6.45) is 3.77. The number of nitrogens with one attached hydrogen (secondary N) is 2. The molecule has 0 spiro atoms. The molecule has 0 saturated carbocycles. The van der Waals surface area contributed by atoms with Gasteiger partial charge in [-0.25, -0.2) is 0 Å². The third-order valence-corrected chi connectivity index (χ3v) is 6.64. The normalized spacial score (nSPS) is 12.5. The molecule has 10 heteroatoms. The van der Waals surface area contributed by atoms with Gasteiger partial charge in [0.2, 0.25) is 11.8 Å². The Morgan fingerprint density at radius 2 is 1.75 bits per heavy atom. The minimum atomic E-state index is -1.18. The summed E-state index contributed by atoms with van der Waals surface area (Å²) in [7, 11) is 3.02. The number of aliphatic carboxylic acids is 1. The predicted molar refractivity (Wildman–Crippen MR) is 141 cm³/mol. The first-order valence-electron chi connectivity index (χ1n) is 12.3. The van der Waals surface area contributed by atoms with E-state index < -0.39 is 36.3 Å². The van der Waals surface area contributed by atoms with Crippen LogP contribution in [0.3, 0.4) is 0 Å². The lowest BCUT2D eigenvalue weighted by atomic mass is 10.0. The van der Waals surface area contributed by atoms with E-state index in [-0.39, 0.29) is 23.9 Å². The summed E-state index contributed by atoms with van der Waals surface area (Å²) in [6.45, 7) is 5.64. The van der Waals surface area contributed by atoms with Crippen molar-refractivity contribution >= 4 is 35.3 Å². The summed E-state index contributed by atoms with van der Waals surface area (Å²) in [4.78, 5) is 49.8. The summed E-state index contributed by atoms with van der Waals surface area (Å²) < 4.78 is 10.5. The second-order valence-electron chi connectivity index (χ2n) is 8.88. The van der Waals surface area contributed by atoms with Crippen molar-refractivity contribution in [3.8, 4) is 11.5 Å². The van der Waals surface area contributed by atoms with Crippen molar-refractivity contribution in [2.75, 3.05) is 25.7 Å². The molecule has 1 aromatic rings. The summed E-state index contributed by atoms with van der Waals surface area (Å²) in [5.74, 6) is -0.836. The highest BCUT2D eigenvalue weighted by atomic mass is 32.2. The average molecular weight is 525 g/mol. The number of Topliss-reactive ketones (excluding diaryl/α,β-unsaturated/α-hetero) is 1. The molecule has 0 aliphatic carbocycles. The highest BCUT2D eigenvalue weighted by molar-refractivity contribution is 7.99. The molecule has 0 saturated heterocycles. The second kappa shape index (κ2) is 16.8. The van der Waals surface area contributed by atoms with E-state index in [2.05, 4.69) is 17.6 Å². The van der Waals surface area contributed by atoms with Gasteiger partial charge in [0.1, 0.15) is 17.5 Å². The lowest BCUT2D eigenvalue weighted by Gasteiger charge is -2.25. The van der Waals surface area contributed by atoms with E-state index in [0.29, 0.717) is 17.1 Å². The molecule has 0 aliphatic heterocycles. The van der Waals surface area contributed by atoms with Gasteiger partial charge in [-0.2, -0.15) is 11.8 Å². The van der Waals surface area contributed by atoms with Gasteiger partial charge in [-0.1, -0.05) is 40.0 Å². The van der Waals surface area contributed by atoms with Crippen LogP contribution in [0, 0.1) is 5.92 Å². The number of thioether (sulfide) groups is 1. The zero-order valence-electron chi connectivity index (χ0n) is 21.9. The summed E-state index contributed by atoms with van der Waals surface area (Å²) in [6, 6.07) is 2.99. The van der Waals surface area contributed by atoms with Gasteiger partial charge in [0.05, 0.1) is 38.9 Å². The minimum absolute atomic E-state index is 0.0525. The third kappa shape index (κ3) is 11.3. The van der Waals surface area contributed by atoms with Crippen molar-refractivity contribution in [2.24, 2.45) is 5.92 Å². The number of hydrogen-bond donors (Lipinski definition) is 3.